The molecule has 0 spiro atoms. The second kappa shape index (κ2) is 13.2. The second-order valence-corrected chi connectivity index (χ2v) is 8.63. The van der Waals surface area contributed by atoms with Crippen LogP contribution in [0.3, 0.4) is 0 Å². The van der Waals surface area contributed by atoms with Gasteiger partial charge >= 0.3 is 0 Å². The van der Waals surface area contributed by atoms with Crippen molar-refractivity contribution in [2.45, 2.75) is 39.3 Å². The van der Waals surface area contributed by atoms with Crippen molar-refractivity contribution < 1.29 is 9.13 Å². The molecule has 0 radical (unpaired) electrons. The van der Waals surface area contributed by atoms with Crippen molar-refractivity contribution in [2.24, 2.45) is 12.0 Å². The molecule has 2 heterocycles. The second-order valence-electron chi connectivity index (χ2n) is 8.63. The van der Waals surface area contributed by atoms with E-state index in [1.165, 1.54) is 17.7 Å². The van der Waals surface area contributed by atoms with E-state index >= 15 is 0 Å². The van der Waals surface area contributed by atoms with Crippen LogP contribution in [0, 0.1) is 5.82 Å². The van der Waals surface area contributed by atoms with E-state index in [2.05, 4.69) is 54.2 Å². The van der Waals surface area contributed by atoms with Crippen LogP contribution in [-0.4, -0.2) is 72.0 Å². The van der Waals surface area contributed by atoms with E-state index in [-0.39, 0.29) is 35.8 Å². The fourth-order valence-electron chi connectivity index (χ4n) is 4.14. The number of aryl methyl sites for hydroxylation is 1. The number of hydrogen-bond donors (Lipinski definition) is 1. The molecule has 1 saturated heterocycles. The molecule has 0 amide bonds. The number of aliphatic imine (C=N–C) groups is 1. The topological polar surface area (TPSA) is 57.9 Å². The van der Waals surface area contributed by atoms with Gasteiger partial charge in [0.05, 0.1) is 31.5 Å². The number of aromatic nitrogens is 2. The highest BCUT2D eigenvalue weighted by Gasteiger charge is 2.23. The summed E-state index contributed by atoms with van der Waals surface area (Å²) >= 11 is 0. The van der Waals surface area contributed by atoms with Crippen LogP contribution < -0.4 is 5.32 Å². The van der Waals surface area contributed by atoms with E-state index in [4.69, 9.17) is 9.73 Å². The Morgan fingerprint density at radius 2 is 1.91 bits per heavy atom. The highest BCUT2D eigenvalue weighted by atomic mass is 127. The zero-order valence-corrected chi connectivity index (χ0v) is 22.8. The fraction of sp³-hybridized carbons (Fsp3) is 0.583. The van der Waals surface area contributed by atoms with E-state index in [1.54, 1.807) is 0 Å². The molecule has 1 N–H and O–H groups in total. The number of nitrogens with one attached hydrogen (secondary N) is 1. The molecule has 1 aromatic carbocycles. The SMILES string of the molecule is CCNC(=NCC(c1ccc(F)cc1)N1CCOCC1)N(C)Cc1cn(C)nc1C(C)C.I. The molecule has 2 aromatic rings. The lowest BCUT2D eigenvalue weighted by atomic mass is 10.0. The molecule has 0 saturated carbocycles. The Morgan fingerprint density at radius 1 is 1.24 bits per heavy atom. The number of guanidine groups is 1. The van der Waals surface area contributed by atoms with Gasteiger partial charge in [0, 0.05) is 52.0 Å². The van der Waals surface area contributed by atoms with Crippen molar-refractivity contribution in [2.75, 3.05) is 46.4 Å². The molecule has 7 nitrogen and oxygen atoms in total. The minimum Gasteiger partial charge on any atom is -0.379 e. The molecule has 1 unspecified atom stereocenters. The van der Waals surface area contributed by atoms with Gasteiger partial charge in [0.25, 0.3) is 0 Å². The number of nitrogens with zero attached hydrogens (tertiary/aromatic N) is 5. The van der Waals surface area contributed by atoms with Gasteiger partial charge in [-0.3, -0.25) is 14.6 Å². The van der Waals surface area contributed by atoms with Gasteiger partial charge in [-0.1, -0.05) is 26.0 Å². The van der Waals surface area contributed by atoms with Gasteiger partial charge in [0.2, 0.25) is 0 Å². The maximum atomic E-state index is 13.5. The number of ether oxygens (including phenoxy) is 1. The third-order valence-electron chi connectivity index (χ3n) is 5.74. The highest BCUT2D eigenvalue weighted by molar-refractivity contribution is 14.0. The summed E-state index contributed by atoms with van der Waals surface area (Å²) in [5.74, 6) is 0.998. The summed E-state index contributed by atoms with van der Waals surface area (Å²) in [7, 11) is 4.02. The standard InChI is InChI=1S/C24H37FN6O.HI/c1-6-26-24(29(4)16-20-17-30(5)28-23(20)18(2)3)27-15-22(31-11-13-32-14-12-31)19-7-9-21(25)10-8-19;/h7-10,17-18,22H,6,11-16H2,1-5H3,(H,26,27);1H. The Labute approximate surface area is 214 Å². The van der Waals surface area contributed by atoms with Gasteiger partial charge < -0.3 is 15.0 Å². The van der Waals surface area contributed by atoms with Crippen LogP contribution in [0.15, 0.2) is 35.5 Å². The molecule has 3 rings (SSSR count). The van der Waals surface area contributed by atoms with Gasteiger partial charge in [0.1, 0.15) is 5.82 Å². The summed E-state index contributed by atoms with van der Waals surface area (Å²) < 4.78 is 20.9. The largest absolute Gasteiger partial charge is 0.379 e. The first-order valence-corrected chi connectivity index (χ1v) is 11.5. The average Bonchev–Trinajstić information content (AvgIpc) is 3.15. The van der Waals surface area contributed by atoms with Gasteiger partial charge in [-0.05, 0) is 30.5 Å². The highest BCUT2D eigenvalue weighted by Crippen LogP contribution is 2.23. The van der Waals surface area contributed by atoms with Gasteiger partial charge in [-0.15, -0.1) is 24.0 Å². The minimum atomic E-state index is -0.219. The lowest BCUT2D eigenvalue weighted by molar-refractivity contribution is 0.0179. The van der Waals surface area contributed by atoms with Crippen LogP contribution in [0.4, 0.5) is 4.39 Å². The van der Waals surface area contributed by atoms with Crippen LogP contribution in [-0.2, 0) is 18.3 Å². The number of rotatable bonds is 8. The Morgan fingerprint density at radius 3 is 2.52 bits per heavy atom. The van der Waals surface area contributed by atoms with Crippen molar-refractivity contribution in [1.82, 2.24) is 24.9 Å². The molecular formula is C24H38FIN6O. The molecule has 9 heteroatoms. The predicted molar refractivity (Wildman–Crippen MR) is 142 cm³/mol. The monoisotopic (exact) mass is 572 g/mol. The van der Waals surface area contributed by atoms with E-state index < -0.39 is 0 Å². The van der Waals surface area contributed by atoms with Crippen LogP contribution in [0.1, 0.15) is 49.6 Å². The Balaban J connectivity index is 0.00000385. The van der Waals surface area contributed by atoms with E-state index in [0.717, 1.165) is 43.4 Å². The molecule has 1 aliphatic rings. The molecule has 1 aliphatic heterocycles. The third-order valence-corrected chi connectivity index (χ3v) is 5.74. The molecule has 184 valence electrons. The quantitative estimate of drug-likeness (QED) is 0.297. The van der Waals surface area contributed by atoms with Gasteiger partial charge in [-0.2, -0.15) is 5.10 Å². The fourth-order valence-corrected chi connectivity index (χ4v) is 4.14. The number of hydrogen-bond acceptors (Lipinski definition) is 4. The number of halogens is 2. The van der Waals surface area contributed by atoms with E-state index in [0.29, 0.717) is 25.7 Å². The summed E-state index contributed by atoms with van der Waals surface area (Å²) in [6.45, 7) is 11.6. The molecule has 1 fully saturated rings. The van der Waals surface area contributed by atoms with Gasteiger partial charge in [-0.25, -0.2) is 4.39 Å². The average molecular weight is 573 g/mol. The lowest BCUT2D eigenvalue weighted by Crippen LogP contribution is -2.42. The normalized spacial score (nSPS) is 15.9. The zero-order chi connectivity index (χ0) is 23.1. The van der Waals surface area contributed by atoms with Crippen molar-refractivity contribution in [1.29, 1.82) is 0 Å². The first-order valence-electron chi connectivity index (χ1n) is 11.5. The molecule has 0 bridgehead atoms. The Bertz CT molecular complexity index is 880. The summed E-state index contributed by atoms with van der Waals surface area (Å²) in [4.78, 5) is 9.52. The minimum absolute atomic E-state index is 0. The van der Waals surface area contributed by atoms with Gasteiger partial charge in [0.15, 0.2) is 5.96 Å². The molecule has 1 aromatic heterocycles. The molecule has 33 heavy (non-hydrogen) atoms. The summed E-state index contributed by atoms with van der Waals surface area (Å²) in [6.07, 6.45) is 2.09. The maximum Gasteiger partial charge on any atom is 0.194 e. The predicted octanol–water partition coefficient (Wildman–Crippen LogP) is 3.77. The Hall–Kier alpha value is -1.72. The van der Waals surface area contributed by atoms with Crippen molar-refractivity contribution in [3.8, 4) is 0 Å². The lowest BCUT2D eigenvalue weighted by Gasteiger charge is -2.34. The molecule has 0 aliphatic carbocycles. The number of benzene rings is 1. The third kappa shape index (κ3) is 7.65. The van der Waals surface area contributed by atoms with Crippen molar-refractivity contribution in [3.63, 3.8) is 0 Å². The first kappa shape index (κ1) is 27.5. The van der Waals surface area contributed by atoms with Crippen molar-refractivity contribution in [3.05, 3.63) is 53.1 Å². The van der Waals surface area contributed by atoms with Crippen molar-refractivity contribution >= 4 is 29.9 Å². The molecular weight excluding hydrogens is 534 g/mol. The van der Waals surface area contributed by atoms with Crippen LogP contribution >= 0.6 is 24.0 Å². The summed E-state index contributed by atoms with van der Waals surface area (Å²) in [5.41, 5.74) is 3.40. The maximum absolute atomic E-state index is 13.5. The van der Waals surface area contributed by atoms with Crippen LogP contribution in [0.25, 0.3) is 0 Å². The van der Waals surface area contributed by atoms with E-state index in [1.807, 2.05) is 23.9 Å². The van der Waals surface area contributed by atoms with Crippen LogP contribution in [0.2, 0.25) is 0 Å². The first-order chi connectivity index (χ1) is 15.4. The number of morpholine rings is 1. The van der Waals surface area contributed by atoms with E-state index in [9.17, 15) is 4.39 Å². The molecule has 1 atom stereocenters. The summed E-state index contributed by atoms with van der Waals surface area (Å²) in [5, 5.41) is 8.05. The van der Waals surface area contributed by atoms with Crippen LogP contribution in [0.5, 0.6) is 0 Å². The zero-order valence-electron chi connectivity index (χ0n) is 20.4. The smallest absolute Gasteiger partial charge is 0.194 e. The Kier molecular flexibility index (Phi) is 11.0. The summed E-state index contributed by atoms with van der Waals surface area (Å²) in [6, 6.07) is 6.86.